The molecule has 3 aromatic carbocycles. The number of hydrogen-bond acceptors (Lipinski definition) is 9. The monoisotopic (exact) mass is 484 g/mol. The van der Waals surface area contributed by atoms with Crippen molar-refractivity contribution in [1.29, 1.82) is 5.26 Å². The molecule has 36 heavy (non-hydrogen) atoms. The summed E-state index contributed by atoms with van der Waals surface area (Å²) in [5.41, 5.74) is 8.04. The molecular formula is C27H20N2O7. The molecule has 3 aromatic rings. The Morgan fingerprint density at radius 2 is 1.78 bits per heavy atom. The minimum Gasteiger partial charge on any atom is -0.485 e. The number of nitrogens with two attached hydrogens (primary N) is 1. The maximum atomic E-state index is 12.7. The average Bonchev–Trinajstić information content (AvgIpc) is 2.91. The first-order valence-corrected chi connectivity index (χ1v) is 11.0. The van der Waals surface area contributed by atoms with Crippen molar-refractivity contribution in [2.45, 2.75) is 12.0 Å². The Kier molecular flexibility index (Phi) is 5.92. The molecule has 2 atom stereocenters. The van der Waals surface area contributed by atoms with Crippen molar-refractivity contribution in [2.75, 3.05) is 13.7 Å². The van der Waals surface area contributed by atoms with E-state index in [1.54, 1.807) is 54.6 Å². The van der Waals surface area contributed by atoms with Gasteiger partial charge in [-0.2, -0.15) is 5.26 Å². The van der Waals surface area contributed by atoms with Crippen molar-refractivity contribution in [1.82, 2.24) is 0 Å². The third kappa shape index (κ3) is 4.16. The van der Waals surface area contributed by atoms with E-state index >= 15 is 0 Å². The Labute approximate surface area is 206 Å². The first kappa shape index (κ1) is 22.8. The van der Waals surface area contributed by atoms with Gasteiger partial charge in [0.25, 0.3) is 0 Å². The number of esters is 2. The molecule has 2 heterocycles. The van der Waals surface area contributed by atoms with Gasteiger partial charge in [0, 0.05) is 11.6 Å². The normalized spacial score (nSPS) is 17.8. The fourth-order valence-electron chi connectivity index (χ4n) is 4.09. The Hall–Kier alpha value is -4.97. The Morgan fingerprint density at radius 3 is 2.50 bits per heavy atom. The minimum atomic E-state index is -0.937. The third-order valence-corrected chi connectivity index (χ3v) is 5.85. The SMILES string of the molecule is COC(=O)c1ccc(C2C(C#N)=C(N)Oc3cc(OC(=O)C4COc5ccccc5O4)ccc32)cc1. The number of nitriles is 1. The number of nitrogens with zero attached hydrogens (tertiary/aromatic N) is 1. The zero-order valence-corrected chi connectivity index (χ0v) is 19.1. The van der Waals surface area contributed by atoms with Gasteiger partial charge in [-0.15, -0.1) is 0 Å². The molecule has 0 amide bonds. The molecule has 0 spiro atoms. The lowest BCUT2D eigenvalue weighted by Crippen LogP contribution is -2.39. The van der Waals surface area contributed by atoms with Gasteiger partial charge in [0.05, 0.1) is 18.6 Å². The highest BCUT2D eigenvalue weighted by Crippen LogP contribution is 2.43. The van der Waals surface area contributed by atoms with E-state index in [1.807, 2.05) is 6.07 Å². The largest absolute Gasteiger partial charge is 0.485 e. The van der Waals surface area contributed by atoms with Crippen LogP contribution in [0.1, 0.15) is 27.4 Å². The van der Waals surface area contributed by atoms with Gasteiger partial charge in [-0.05, 0) is 35.9 Å². The van der Waals surface area contributed by atoms with E-state index in [2.05, 4.69) is 6.07 Å². The van der Waals surface area contributed by atoms with Crippen molar-refractivity contribution < 1.29 is 33.3 Å². The summed E-state index contributed by atoms with van der Waals surface area (Å²) in [6.07, 6.45) is -0.937. The Bertz CT molecular complexity index is 1420. The molecule has 0 saturated heterocycles. The van der Waals surface area contributed by atoms with E-state index in [0.717, 1.165) is 5.56 Å². The topological polar surface area (TPSA) is 130 Å². The maximum absolute atomic E-state index is 12.7. The number of benzene rings is 3. The zero-order valence-electron chi connectivity index (χ0n) is 19.1. The van der Waals surface area contributed by atoms with Crippen LogP contribution in [0.3, 0.4) is 0 Å². The summed E-state index contributed by atoms with van der Waals surface area (Å²) < 4.78 is 27.3. The summed E-state index contributed by atoms with van der Waals surface area (Å²) in [5.74, 6) is -0.118. The molecule has 180 valence electrons. The highest BCUT2D eigenvalue weighted by Gasteiger charge is 2.33. The quantitative estimate of drug-likeness (QED) is 0.437. The Balaban J connectivity index is 1.40. The predicted molar refractivity (Wildman–Crippen MR) is 126 cm³/mol. The summed E-state index contributed by atoms with van der Waals surface area (Å²) in [6, 6.07) is 20.7. The average molecular weight is 484 g/mol. The van der Waals surface area contributed by atoms with Crippen LogP contribution in [0.5, 0.6) is 23.0 Å². The molecule has 2 aliphatic rings. The van der Waals surface area contributed by atoms with Crippen LogP contribution in [0, 0.1) is 11.3 Å². The molecule has 5 rings (SSSR count). The summed E-state index contributed by atoms with van der Waals surface area (Å²) in [4.78, 5) is 24.5. The highest BCUT2D eigenvalue weighted by molar-refractivity contribution is 5.89. The molecule has 0 radical (unpaired) electrons. The van der Waals surface area contributed by atoms with Crippen LogP contribution in [-0.2, 0) is 9.53 Å². The van der Waals surface area contributed by atoms with Gasteiger partial charge < -0.3 is 29.4 Å². The first-order valence-electron chi connectivity index (χ1n) is 11.0. The van der Waals surface area contributed by atoms with E-state index in [0.29, 0.717) is 28.4 Å². The van der Waals surface area contributed by atoms with E-state index in [4.69, 9.17) is 29.4 Å². The lowest BCUT2D eigenvalue weighted by molar-refractivity contribution is -0.144. The summed E-state index contributed by atoms with van der Waals surface area (Å²) >= 11 is 0. The van der Waals surface area contributed by atoms with Crippen LogP contribution < -0.4 is 24.7 Å². The standard InChI is InChI=1S/C27H20N2O7/c1-32-26(30)16-8-6-15(7-9-16)24-18-11-10-17(12-22(18)36-25(29)19(24)13-28)34-27(31)23-14-33-20-4-2-3-5-21(20)35-23/h2-12,23-24H,14,29H2,1H3. The number of para-hydroxylation sites is 2. The van der Waals surface area contributed by atoms with Crippen LogP contribution >= 0.6 is 0 Å². The van der Waals surface area contributed by atoms with Gasteiger partial charge in [-0.3, -0.25) is 0 Å². The maximum Gasteiger partial charge on any atom is 0.356 e. The number of ether oxygens (including phenoxy) is 5. The number of carbonyl (C=O) groups excluding carboxylic acids is 2. The van der Waals surface area contributed by atoms with Crippen molar-refractivity contribution in [2.24, 2.45) is 5.73 Å². The van der Waals surface area contributed by atoms with Gasteiger partial charge in [0.2, 0.25) is 12.0 Å². The van der Waals surface area contributed by atoms with Crippen molar-refractivity contribution >= 4 is 11.9 Å². The highest BCUT2D eigenvalue weighted by atomic mass is 16.6. The Morgan fingerprint density at radius 1 is 1.03 bits per heavy atom. The van der Waals surface area contributed by atoms with Crippen LogP contribution in [0.2, 0.25) is 0 Å². The molecule has 2 unspecified atom stereocenters. The lowest BCUT2D eigenvalue weighted by atomic mass is 9.83. The van der Waals surface area contributed by atoms with E-state index < -0.39 is 24.0 Å². The summed E-state index contributed by atoms with van der Waals surface area (Å²) in [6.45, 7) is 0.0160. The minimum absolute atomic E-state index is 0.0160. The van der Waals surface area contributed by atoms with Gasteiger partial charge in [-0.1, -0.05) is 30.3 Å². The first-order chi connectivity index (χ1) is 17.5. The van der Waals surface area contributed by atoms with Crippen molar-refractivity contribution in [3.8, 4) is 29.1 Å². The molecule has 9 nitrogen and oxygen atoms in total. The number of allylic oxidation sites excluding steroid dienone is 1. The molecule has 0 aromatic heterocycles. The lowest BCUT2D eigenvalue weighted by Gasteiger charge is -2.27. The molecule has 9 heteroatoms. The molecule has 0 aliphatic carbocycles. The molecule has 0 bridgehead atoms. The zero-order chi connectivity index (χ0) is 25.2. The van der Waals surface area contributed by atoms with Gasteiger partial charge in [0.15, 0.2) is 11.5 Å². The van der Waals surface area contributed by atoms with E-state index in [-0.39, 0.29) is 23.8 Å². The van der Waals surface area contributed by atoms with Crippen LogP contribution in [0.25, 0.3) is 0 Å². The fraction of sp³-hybridized carbons (Fsp3) is 0.148. The van der Waals surface area contributed by atoms with E-state index in [1.165, 1.54) is 13.2 Å². The van der Waals surface area contributed by atoms with E-state index in [9.17, 15) is 14.9 Å². The molecule has 2 aliphatic heterocycles. The summed E-state index contributed by atoms with van der Waals surface area (Å²) in [5, 5.41) is 9.75. The fourth-order valence-corrected chi connectivity index (χ4v) is 4.09. The third-order valence-electron chi connectivity index (χ3n) is 5.85. The molecule has 0 fully saturated rings. The van der Waals surface area contributed by atoms with Gasteiger partial charge in [-0.25, -0.2) is 9.59 Å². The van der Waals surface area contributed by atoms with Gasteiger partial charge >= 0.3 is 11.9 Å². The molecular weight excluding hydrogens is 464 g/mol. The number of fused-ring (bicyclic) bond motifs is 2. The van der Waals surface area contributed by atoms with Crippen LogP contribution in [0.4, 0.5) is 0 Å². The molecule has 0 saturated carbocycles. The molecule has 2 N–H and O–H groups in total. The second kappa shape index (κ2) is 9.35. The van der Waals surface area contributed by atoms with Crippen molar-refractivity contribution in [3.63, 3.8) is 0 Å². The number of methoxy groups -OCH3 is 1. The second-order valence-corrected chi connectivity index (χ2v) is 8.02. The van der Waals surface area contributed by atoms with Gasteiger partial charge in [0.1, 0.15) is 29.7 Å². The summed E-state index contributed by atoms with van der Waals surface area (Å²) in [7, 11) is 1.30. The number of carbonyl (C=O) groups is 2. The number of hydrogen-bond donors (Lipinski definition) is 1. The van der Waals surface area contributed by atoms with Crippen molar-refractivity contribution in [3.05, 3.63) is 94.9 Å². The smallest absolute Gasteiger partial charge is 0.356 e. The van der Waals surface area contributed by atoms with Crippen LogP contribution in [0.15, 0.2) is 78.2 Å². The number of rotatable bonds is 4. The predicted octanol–water partition coefficient (Wildman–Crippen LogP) is 3.44. The second-order valence-electron chi connectivity index (χ2n) is 8.02. The van der Waals surface area contributed by atoms with Crippen LogP contribution in [-0.4, -0.2) is 31.8 Å².